The first-order chi connectivity index (χ1) is 12.6. The van der Waals surface area contributed by atoms with E-state index in [9.17, 15) is 4.79 Å². The van der Waals surface area contributed by atoms with Gasteiger partial charge in [0.05, 0.1) is 42.4 Å². The van der Waals surface area contributed by atoms with Gasteiger partial charge < -0.3 is 20.1 Å². The zero-order valence-corrected chi connectivity index (χ0v) is 16.0. The summed E-state index contributed by atoms with van der Waals surface area (Å²) >= 11 is 6.12. The minimum atomic E-state index is -0.141. The minimum Gasteiger partial charge on any atom is -0.495 e. The van der Waals surface area contributed by atoms with Crippen LogP contribution in [0.2, 0.25) is 5.02 Å². The Morgan fingerprint density at radius 3 is 2.58 bits per heavy atom. The van der Waals surface area contributed by atoms with Crippen molar-refractivity contribution in [3.05, 3.63) is 41.2 Å². The first kappa shape index (κ1) is 19.8. The summed E-state index contributed by atoms with van der Waals surface area (Å²) in [6.07, 6.45) is 6.35. The molecule has 2 rings (SSSR count). The van der Waals surface area contributed by atoms with E-state index in [0.29, 0.717) is 40.0 Å². The molecule has 0 aliphatic rings. The maximum absolute atomic E-state index is 12.2. The molecule has 0 saturated carbocycles. The van der Waals surface area contributed by atoms with E-state index < -0.39 is 0 Å². The molecule has 2 aromatic rings. The van der Waals surface area contributed by atoms with Gasteiger partial charge in [0.1, 0.15) is 11.5 Å². The van der Waals surface area contributed by atoms with Crippen LogP contribution in [0.1, 0.15) is 36.5 Å². The van der Waals surface area contributed by atoms with Crippen LogP contribution in [-0.2, 0) is 0 Å². The van der Waals surface area contributed by atoms with Crippen molar-refractivity contribution >= 4 is 28.9 Å². The fourth-order valence-corrected chi connectivity index (χ4v) is 2.66. The van der Waals surface area contributed by atoms with Crippen molar-refractivity contribution in [2.45, 2.75) is 26.2 Å². The third-order valence-corrected chi connectivity index (χ3v) is 4.11. The molecule has 7 heteroatoms. The molecule has 6 nitrogen and oxygen atoms in total. The van der Waals surface area contributed by atoms with Crippen molar-refractivity contribution in [3.8, 4) is 11.5 Å². The zero-order chi connectivity index (χ0) is 18.9. The van der Waals surface area contributed by atoms with E-state index >= 15 is 0 Å². The molecule has 0 radical (unpaired) electrons. The number of rotatable bonds is 9. The molecule has 0 atom stereocenters. The maximum atomic E-state index is 12.2. The highest BCUT2D eigenvalue weighted by Crippen LogP contribution is 2.37. The fourth-order valence-electron chi connectivity index (χ4n) is 2.43. The number of amides is 1. The van der Waals surface area contributed by atoms with Crippen molar-refractivity contribution < 1.29 is 14.3 Å². The molecule has 1 aromatic carbocycles. The molecule has 0 unspecified atom stereocenters. The van der Waals surface area contributed by atoms with Crippen LogP contribution < -0.4 is 20.1 Å². The summed E-state index contributed by atoms with van der Waals surface area (Å²) < 4.78 is 10.6. The number of nitrogens with zero attached hydrogens (tertiary/aromatic N) is 1. The van der Waals surface area contributed by atoms with Gasteiger partial charge in [0.25, 0.3) is 5.91 Å². The van der Waals surface area contributed by atoms with Gasteiger partial charge >= 0.3 is 0 Å². The number of carbonyl (C=O) groups is 1. The van der Waals surface area contributed by atoms with Crippen molar-refractivity contribution in [1.82, 2.24) is 10.3 Å². The Hall–Kier alpha value is -2.47. The van der Waals surface area contributed by atoms with Crippen molar-refractivity contribution in [3.63, 3.8) is 0 Å². The summed E-state index contributed by atoms with van der Waals surface area (Å²) in [5.74, 6) is 0.941. The van der Waals surface area contributed by atoms with E-state index in [4.69, 9.17) is 21.1 Å². The quantitative estimate of drug-likeness (QED) is 0.633. The molecule has 0 bridgehead atoms. The molecule has 0 aliphatic carbocycles. The van der Waals surface area contributed by atoms with Crippen LogP contribution in [0, 0.1) is 0 Å². The SMILES string of the molecule is CCCCCNC(=O)c1cncc(Nc2cc(OC)c(Cl)cc2OC)c1. The number of pyridine rings is 1. The zero-order valence-electron chi connectivity index (χ0n) is 15.3. The van der Waals surface area contributed by atoms with Gasteiger partial charge in [-0.25, -0.2) is 0 Å². The Balaban J connectivity index is 2.14. The van der Waals surface area contributed by atoms with Crippen LogP contribution in [-0.4, -0.2) is 31.7 Å². The van der Waals surface area contributed by atoms with Crippen LogP contribution in [0.3, 0.4) is 0 Å². The summed E-state index contributed by atoms with van der Waals surface area (Å²) in [5, 5.41) is 6.55. The van der Waals surface area contributed by atoms with E-state index in [1.165, 1.54) is 0 Å². The maximum Gasteiger partial charge on any atom is 0.252 e. The normalized spacial score (nSPS) is 10.3. The van der Waals surface area contributed by atoms with Crippen LogP contribution >= 0.6 is 11.6 Å². The molecule has 26 heavy (non-hydrogen) atoms. The highest BCUT2D eigenvalue weighted by Gasteiger charge is 2.12. The van der Waals surface area contributed by atoms with Gasteiger partial charge in [-0.15, -0.1) is 0 Å². The van der Waals surface area contributed by atoms with Gasteiger partial charge in [-0.3, -0.25) is 9.78 Å². The third-order valence-electron chi connectivity index (χ3n) is 3.82. The molecule has 0 fully saturated rings. The van der Waals surface area contributed by atoms with E-state index in [-0.39, 0.29) is 5.91 Å². The van der Waals surface area contributed by atoms with Gasteiger partial charge in [0.2, 0.25) is 0 Å². The first-order valence-electron chi connectivity index (χ1n) is 8.50. The second kappa shape index (κ2) is 9.87. The highest BCUT2D eigenvalue weighted by molar-refractivity contribution is 6.32. The topological polar surface area (TPSA) is 72.5 Å². The van der Waals surface area contributed by atoms with Crippen LogP contribution in [0.4, 0.5) is 11.4 Å². The number of hydrogen-bond acceptors (Lipinski definition) is 5. The van der Waals surface area contributed by atoms with E-state index in [1.54, 1.807) is 44.8 Å². The number of anilines is 2. The fraction of sp³-hybridized carbons (Fsp3) is 0.368. The second-order valence-corrected chi connectivity index (χ2v) is 6.14. The number of unbranched alkanes of at least 4 members (excludes halogenated alkanes) is 2. The first-order valence-corrected chi connectivity index (χ1v) is 8.88. The summed E-state index contributed by atoms with van der Waals surface area (Å²) in [4.78, 5) is 16.4. The molecule has 1 heterocycles. The lowest BCUT2D eigenvalue weighted by Crippen LogP contribution is -2.24. The predicted octanol–water partition coefficient (Wildman–Crippen LogP) is 4.42. The highest BCUT2D eigenvalue weighted by atomic mass is 35.5. The number of aromatic nitrogens is 1. The van der Waals surface area contributed by atoms with E-state index in [1.807, 2.05) is 0 Å². The Labute approximate surface area is 158 Å². The van der Waals surface area contributed by atoms with Crippen LogP contribution in [0.15, 0.2) is 30.6 Å². The van der Waals surface area contributed by atoms with Crippen molar-refractivity contribution in [1.29, 1.82) is 0 Å². The minimum absolute atomic E-state index is 0.141. The molecule has 0 aliphatic heterocycles. The number of benzene rings is 1. The number of methoxy groups -OCH3 is 2. The predicted molar refractivity (Wildman–Crippen MR) is 104 cm³/mol. The molecular formula is C19H24ClN3O3. The lowest BCUT2D eigenvalue weighted by Gasteiger charge is -2.14. The summed E-state index contributed by atoms with van der Waals surface area (Å²) in [6, 6.07) is 5.14. The third kappa shape index (κ3) is 5.26. The van der Waals surface area contributed by atoms with Gasteiger partial charge in [0.15, 0.2) is 0 Å². The smallest absolute Gasteiger partial charge is 0.252 e. The number of carbonyl (C=O) groups excluding carboxylic acids is 1. The molecule has 0 saturated heterocycles. The van der Waals surface area contributed by atoms with Gasteiger partial charge in [-0.2, -0.15) is 0 Å². The average molecular weight is 378 g/mol. The number of nitrogens with one attached hydrogen (secondary N) is 2. The molecular weight excluding hydrogens is 354 g/mol. The standard InChI is InChI=1S/C19H24ClN3O3/c1-4-5-6-7-22-19(24)13-8-14(12-21-11-13)23-16-10-17(25-2)15(20)9-18(16)26-3/h8-12,23H,4-7H2,1-3H3,(H,22,24). The molecule has 1 amide bonds. The second-order valence-electron chi connectivity index (χ2n) is 5.74. The monoisotopic (exact) mass is 377 g/mol. The summed E-state index contributed by atoms with van der Waals surface area (Å²) in [5.41, 5.74) is 1.82. The Bertz CT molecular complexity index is 753. The Morgan fingerprint density at radius 2 is 1.88 bits per heavy atom. The number of halogens is 1. The van der Waals surface area contributed by atoms with Gasteiger partial charge in [0, 0.05) is 24.9 Å². The van der Waals surface area contributed by atoms with Gasteiger partial charge in [-0.05, 0) is 12.5 Å². The molecule has 140 valence electrons. The van der Waals surface area contributed by atoms with Crippen molar-refractivity contribution in [2.75, 3.05) is 26.1 Å². The van der Waals surface area contributed by atoms with Gasteiger partial charge in [-0.1, -0.05) is 31.4 Å². The molecule has 0 spiro atoms. The number of ether oxygens (including phenoxy) is 2. The average Bonchev–Trinajstić information content (AvgIpc) is 2.66. The van der Waals surface area contributed by atoms with Crippen LogP contribution in [0.25, 0.3) is 0 Å². The molecule has 1 aromatic heterocycles. The Morgan fingerprint density at radius 1 is 1.12 bits per heavy atom. The number of hydrogen-bond donors (Lipinski definition) is 2. The molecule has 2 N–H and O–H groups in total. The largest absolute Gasteiger partial charge is 0.495 e. The summed E-state index contributed by atoms with van der Waals surface area (Å²) in [6.45, 7) is 2.79. The lowest BCUT2D eigenvalue weighted by molar-refractivity contribution is 0.0952. The van der Waals surface area contributed by atoms with E-state index in [2.05, 4.69) is 22.5 Å². The lowest BCUT2D eigenvalue weighted by atomic mass is 10.2. The summed E-state index contributed by atoms with van der Waals surface area (Å²) in [7, 11) is 3.10. The van der Waals surface area contributed by atoms with E-state index in [0.717, 1.165) is 19.3 Å². The van der Waals surface area contributed by atoms with Crippen LogP contribution in [0.5, 0.6) is 11.5 Å². The van der Waals surface area contributed by atoms with Crippen molar-refractivity contribution in [2.24, 2.45) is 0 Å². The Kier molecular flexibility index (Phi) is 7.53.